The first kappa shape index (κ1) is 23.6. The minimum Gasteiger partial charge on any atom is -0.492 e. The van der Waals surface area contributed by atoms with Crippen LogP contribution in [-0.2, 0) is 11.2 Å². The number of fused-ring (bicyclic) bond motifs is 1. The van der Waals surface area contributed by atoms with Gasteiger partial charge in [-0.05, 0) is 62.0 Å². The van der Waals surface area contributed by atoms with Gasteiger partial charge in [0.05, 0.1) is 11.6 Å². The van der Waals surface area contributed by atoms with Gasteiger partial charge in [0.2, 0.25) is 5.91 Å². The summed E-state index contributed by atoms with van der Waals surface area (Å²) in [7, 11) is 5.56. The maximum absolute atomic E-state index is 13.2. The molecule has 2 amide bonds. The number of nitrogens with zero attached hydrogens (tertiary/aromatic N) is 2. The zero-order valence-electron chi connectivity index (χ0n) is 19.8. The van der Waals surface area contributed by atoms with Gasteiger partial charge < -0.3 is 30.4 Å². The SMILES string of the molecule is CNC(=O)c1ccc2c(c1)CC(C(=O)Nc1ccc(C3C=NNC3)cc1OCCN(C)C)CO2. The van der Waals surface area contributed by atoms with E-state index < -0.39 is 0 Å². The molecule has 9 nitrogen and oxygen atoms in total. The molecule has 2 atom stereocenters. The maximum Gasteiger partial charge on any atom is 0.251 e. The van der Waals surface area contributed by atoms with Crippen LogP contribution in [0.1, 0.15) is 27.4 Å². The minimum absolute atomic E-state index is 0.148. The van der Waals surface area contributed by atoms with Crippen molar-refractivity contribution in [2.75, 3.05) is 52.8 Å². The highest BCUT2D eigenvalue weighted by atomic mass is 16.5. The van der Waals surface area contributed by atoms with Crippen LogP contribution < -0.4 is 25.5 Å². The molecule has 0 saturated heterocycles. The predicted molar refractivity (Wildman–Crippen MR) is 131 cm³/mol. The number of rotatable bonds is 8. The normalized spacial score (nSPS) is 18.6. The van der Waals surface area contributed by atoms with Crippen molar-refractivity contribution in [1.82, 2.24) is 15.6 Å². The Kier molecular flexibility index (Phi) is 7.32. The van der Waals surface area contributed by atoms with Crippen LogP contribution in [-0.4, -0.2) is 70.4 Å². The summed E-state index contributed by atoms with van der Waals surface area (Å²) >= 11 is 0. The molecular weight excluding hydrogens is 434 g/mol. The van der Waals surface area contributed by atoms with Crippen LogP contribution in [0.5, 0.6) is 11.5 Å². The Bertz CT molecular complexity index is 1080. The Morgan fingerprint density at radius 2 is 2.09 bits per heavy atom. The van der Waals surface area contributed by atoms with Crippen LogP contribution in [0.4, 0.5) is 5.69 Å². The first-order valence-electron chi connectivity index (χ1n) is 11.4. The van der Waals surface area contributed by atoms with Crippen molar-refractivity contribution in [1.29, 1.82) is 0 Å². The van der Waals surface area contributed by atoms with E-state index in [1.165, 1.54) is 0 Å². The second-order valence-corrected chi connectivity index (χ2v) is 8.76. The summed E-state index contributed by atoms with van der Waals surface area (Å²) in [6.07, 6.45) is 2.37. The fourth-order valence-electron chi connectivity index (χ4n) is 3.96. The number of hydrazone groups is 1. The van der Waals surface area contributed by atoms with Crippen molar-refractivity contribution >= 4 is 23.7 Å². The van der Waals surface area contributed by atoms with E-state index in [2.05, 4.69) is 21.2 Å². The molecule has 0 radical (unpaired) electrons. The number of carbonyl (C=O) groups is 2. The largest absolute Gasteiger partial charge is 0.492 e. The van der Waals surface area contributed by atoms with E-state index >= 15 is 0 Å². The Labute approximate surface area is 199 Å². The molecule has 3 N–H and O–H groups in total. The Morgan fingerprint density at radius 1 is 1.24 bits per heavy atom. The lowest BCUT2D eigenvalue weighted by molar-refractivity contribution is -0.121. The average Bonchev–Trinajstić information content (AvgIpc) is 3.38. The lowest BCUT2D eigenvalue weighted by atomic mass is 9.94. The van der Waals surface area contributed by atoms with E-state index in [0.717, 1.165) is 24.2 Å². The molecule has 9 heteroatoms. The van der Waals surface area contributed by atoms with Gasteiger partial charge in [0.1, 0.15) is 24.7 Å². The van der Waals surface area contributed by atoms with Crippen LogP contribution in [0.15, 0.2) is 41.5 Å². The smallest absolute Gasteiger partial charge is 0.251 e. The van der Waals surface area contributed by atoms with Gasteiger partial charge in [-0.15, -0.1) is 0 Å². The van der Waals surface area contributed by atoms with Crippen molar-refractivity contribution in [3.05, 3.63) is 53.1 Å². The van der Waals surface area contributed by atoms with Gasteiger partial charge in [-0.1, -0.05) is 6.07 Å². The molecule has 2 unspecified atom stereocenters. The average molecular weight is 466 g/mol. The number of hydrogen-bond acceptors (Lipinski definition) is 7. The van der Waals surface area contributed by atoms with Gasteiger partial charge in [0.25, 0.3) is 5.91 Å². The van der Waals surface area contributed by atoms with Crippen molar-refractivity contribution in [2.24, 2.45) is 11.0 Å². The lowest BCUT2D eigenvalue weighted by Gasteiger charge is -2.25. The van der Waals surface area contributed by atoms with Crippen LogP contribution in [0.25, 0.3) is 0 Å². The first-order chi connectivity index (χ1) is 16.4. The summed E-state index contributed by atoms with van der Waals surface area (Å²) in [5.74, 6) is 0.807. The maximum atomic E-state index is 13.2. The molecule has 2 heterocycles. The van der Waals surface area contributed by atoms with Crippen molar-refractivity contribution in [2.45, 2.75) is 12.3 Å². The number of hydrogen-bond donors (Lipinski definition) is 3. The van der Waals surface area contributed by atoms with Gasteiger partial charge in [0, 0.05) is 37.8 Å². The van der Waals surface area contributed by atoms with Gasteiger partial charge in [0.15, 0.2) is 0 Å². The number of nitrogens with one attached hydrogen (secondary N) is 3. The third-order valence-electron chi connectivity index (χ3n) is 5.97. The molecule has 2 aliphatic rings. The van der Waals surface area contributed by atoms with Gasteiger partial charge in [-0.3, -0.25) is 9.59 Å². The second-order valence-electron chi connectivity index (χ2n) is 8.76. The third-order valence-corrected chi connectivity index (χ3v) is 5.97. The minimum atomic E-state index is -0.382. The molecule has 0 spiro atoms. The number of benzene rings is 2. The molecule has 0 aromatic heterocycles. The number of anilines is 1. The van der Waals surface area contributed by atoms with E-state index in [1.54, 1.807) is 25.2 Å². The molecule has 34 heavy (non-hydrogen) atoms. The zero-order valence-corrected chi connectivity index (χ0v) is 19.8. The fourth-order valence-corrected chi connectivity index (χ4v) is 3.96. The summed E-state index contributed by atoms with van der Waals surface area (Å²) in [4.78, 5) is 27.2. The van der Waals surface area contributed by atoms with Crippen LogP contribution in [0, 0.1) is 5.92 Å². The second kappa shape index (κ2) is 10.6. The fraction of sp³-hybridized carbons (Fsp3) is 0.400. The van der Waals surface area contributed by atoms with Crippen LogP contribution in [0.2, 0.25) is 0 Å². The number of amides is 2. The monoisotopic (exact) mass is 465 g/mol. The number of ether oxygens (including phenoxy) is 2. The highest BCUT2D eigenvalue weighted by molar-refractivity contribution is 5.96. The molecule has 0 aliphatic carbocycles. The number of carbonyl (C=O) groups excluding carboxylic acids is 2. The third kappa shape index (κ3) is 5.48. The van der Waals surface area contributed by atoms with E-state index in [0.29, 0.717) is 35.8 Å². The Balaban J connectivity index is 1.49. The standard InChI is InChI=1S/C25H31N5O4/c1-26-24(31)17-5-7-22-18(10-17)11-19(15-34-22)25(32)29-21-6-4-16(20-13-27-28-14-20)12-23(21)33-9-8-30(2)3/h4-7,10,12-13,19-20,28H,8-9,11,14-15H2,1-3H3,(H,26,31)(H,29,32). The quantitative estimate of drug-likeness (QED) is 0.550. The van der Waals surface area contributed by atoms with Crippen molar-refractivity contribution in [3.63, 3.8) is 0 Å². The molecule has 2 aromatic rings. The van der Waals surface area contributed by atoms with Gasteiger partial charge >= 0.3 is 0 Å². The van der Waals surface area contributed by atoms with E-state index in [9.17, 15) is 9.59 Å². The van der Waals surface area contributed by atoms with E-state index in [-0.39, 0.29) is 30.3 Å². The Hall–Kier alpha value is -3.59. The molecule has 180 valence electrons. The number of likely N-dealkylation sites (N-methyl/N-ethyl adjacent to an activating group) is 1. The van der Waals surface area contributed by atoms with Gasteiger partial charge in [-0.25, -0.2) is 0 Å². The molecule has 2 aliphatic heterocycles. The highest BCUT2D eigenvalue weighted by Crippen LogP contribution is 2.32. The van der Waals surface area contributed by atoms with Crippen LogP contribution >= 0.6 is 0 Å². The topological polar surface area (TPSA) is 104 Å². The lowest BCUT2D eigenvalue weighted by Crippen LogP contribution is -2.33. The molecule has 2 aromatic carbocycles. The molecule has 0 fully saturated rings. The van der Waals surface area contributed by atoms with Gasteiger partial charge in [-0.2, -0.15) is 5.10 Å². The van der Waals surface area contributed by atoms with Crippen molar-refractivity contribution in [3.8, 4) is 11.5 Å². The molecule has 4 rings (SSSR count). The summed E-state index contributed by atoms with van der Waals surface area (Å²) in [5.41, 5.74) is 6.06. The van der Waals surface area contributed by atoms with E-state index in [4.69, 9.17) is 9.47 Å². The van der Waals surface area contributed by atoms with E-state index in [1.807, 2.05) is 43.4 Å². The zero-order chi connectivity index (χ0) is 24.1. The first-order valence-corrected chi connectivity index (χ1v) is 11.4. The molecule has 0 bridgehead atoms. The summed E-state index contributed by atoms with van der Waals surface area (Å²) in [6, 6.07) is 11.1. The summed E-state index contributed by atoms with van der Waals surface area (Å²) in [5, 5.41) is 9.75. The van der Waals surface area contributed by atoms with Crippen molar-refractivity contribution < 1.29 is 19.1 Å². The summed E-state index contributed by atoms with van der Waals surface area (Å²) < 4.78 is 11.9. The predicted octanol–water partition coefficient (Wildman–Crippen LogP) is 1.85. The highest BCUT2D eigenvalue weighted by Gasteiger charge is 2.28. The summed E-state index contributed by atoms with van der Waals surface area (Å²) in [6.45, 7) is 2.26. The Morgan fingerprint density at radius 3 is 2.82 bits per heavy atom. The molecule has 0 saturated carbocycles. The molecular formula is C25H31N5O4. The van der Waals surface area contributed by atoms with Crippen LogP contribution in [0.3, 0.4) is 0 Å².